The van der Waals surface area contributed by atoms with Gasteiger partial charge in [-0.25, -0.2) is 21.6 Å². The second-order valence-corrected chi connectivity index (χ2v) is 7.99. The fraction of sp³-hybridized carbons (Fsp3) is 0.300. The molecule has 0 atom stereocenters. The Morgan fingerprint density at radius 3 is 2.25 bits per heavy atom. The van der Waals surface area contributed by atoms with E-state index in [0.717, 1.165) is 18.6 Å². The molecule has 1 aromatic carbocycles. The molecule has 0 aliphatic heterocycles. The highest BCUT2D eigenvalue weighted by atomic mass is 32.2. The van der Waals surface area contributed by atoms with Crippen LogP contribution in [-0.4, -0.2) is 47.0 Å². The minimum Gasteiger partial charge on any atom is -0.479 e. The molecular formula is C10H13NO7S2. The van der Waals surface area contributed by atoms with Gasteiger partial charge in [0.15, 0.2) is 26.3 Å². The molecule has 20 heavy (non-hydrogen) atoms. The normalized spacial score (nSPS) is 12.1. The lowest BCUT2D eigenvalue weighted by atomic mass is 10.3. The average molecular weight is 323 g/mol. The molecule has 0 fully saturated rings. The topological polar surface area (TPSA) is 127 Å². The highest BCUT2D eigenvalue weighted by Gasteiger charge is 2.18. The predicted octanol–water partition coefficient (Wildman–Crippen LogP) is -0.0783. The summed E-state index contributed by atoms with van der Waals surface area (Å²) in [5, 5.41) is 8.41. The molecule has 0 aliphatic rings. The van der Waals surface area contributed by atoms with Crippen LogP contribution in [0.15, 0.2) is 28.0 Å². The van der Waals surface area contributed by atoms with Crippen molar-refractivity contribution in [1.29, 1.82) is 0 Å². The molecule has 1 rings (SSSR count). The number of sulfone groups is 2. The molecule has 2 N–H and O–H groups in total. The Morgan fingerprint density at radius 1 is 1.20 bits per heavy atom. The lowest BCUT2D eigenvalue weighted by Gasteiger charge is -2.11. The number of aliphatic carboxylic acids is 1. The number of nitrogens with one attached hydrogen (secondary N) is 1. The molecule has 0 amide bonds. The fourth-order valence-electron chi connectivity index (χ4n) is 1.30. The largest absolute Gasteiger partial charge is 0.479 e. The van der Waals surface area contributed by atoms with Gasteiger partial charge in [-0.15, -0.1) is 0 Å². The molecule has 0 heterocycles. The van der Waals surface area contributed by atoms with E-state index in [9.17, 15) is 21.6 Å². The number of hydrogen-bond donors (Lipinski definition) is 2. The van der Waals surface area contributed by atoms with Gasteiger partial charge < -0.3 is 5.11 Å². The van der Waals surface area contributed by atoms with E-state index >= 15 is 0 Å². The minimum atomic E-state index is -3.72. The molecular weight excluding hydrogens is 310 g/mol. The summed E-state index contributed by atoms with van der Waals surface area (Å²) in [5.74, 6) is -1.24. The zero-order valence-electron chi connectivity index (χ0n) is 10.7. The van der Waals surface area contributed by atoms with E-state index in [1.807, 2.05) is 0 Å². The summed E-state index contributed by atoms with van der Waals surface area (Å²) in [5.41, 5.74) is 2.13. The second kappa shape index (κ2) is 5.77. The Labute approximate surface area is 116 Å². The first-order valence-electron chi connectivity index (χ1n) is 5.15. The number of benzene rings is 1. The molecule has 112 valence electrons. The van der Waals surface area contributed by atoms with Crippen LogP contribution in [-0.2, 0) is 29.3 Å². The number of carbonyl (C=O) groups is 1. The van der Waals surface area contributed by atoms with Crippen LogP contribution in [0.1, 0.15) is 0 Å². The van der Waals surface area contributed by atoms with Crippen LogP contribution in [0, 0.1) is 0 Å². The standard InChI is InChI=1S/C10H13NO7S2/c1-19(14,15)7-3-4-8(11-18-6-10(12)13)9(5-7)20(2,16)17/h3-5,11H,6H2,1-2H3,(H,12,13). The van der Waals surface area contributed by atoms with Crippen LogP contribution in [0.3, 0.4) is 0 Å². The van der Waals surface area contributed by atoms with Crippen LogP contribution in [0.4, 0.5) is 5.69 Å². The summed E-state index contributed by atoms with van der Waals surface area (Å²) in [6.45, 7) is -0.684. The van der Waals surface area contributed by atoms with Gasteiger partial charge in [-0.1, -0.05) is 0 Å². The maximum atomic E-state index is 11.6. The highest BCUT2D eigenvalue weighted by Crippen LogP contribution is 2.25. The number of carboxylic acids is 1. The first-order valence-corrected chi connectivity index (χ1v) is 8.94. The van der Waals surface area contributed by atoms with Gasteiger partial charge in [-0.3, -0.25) is 10.3 Å². The third kappa shape index (κ3) is 4.47. The maximum absolute atomic E-state index is 11.6. The van der Waals surface area contributed by atoms with Gasteiger partial charge in [0.05, 0.1) is 15.5 Å². The molecule has 0 spiro atoms. The summed E-state index contributed by atoms with van der Waals surface area (Å²) in [6, 6.07) is 3.36. The van der Waals surface area contributed by atoms with Crippen molar-refractivity contribution in [3.8, 4) is 0 Å². The van der Waals surface area contributed by atoms with Crippen molar-refractivity contribution in [3.63, 3.8) is 0 Å². The highest BCUT2D eigenvalue weighted by molar-refractivity contribution is 7.91. The Kier molecular flexibility index (Phi) is 4.73. The number of hydrogen-bond acceptors (Lipinski definition) is 7. The van der Waals surface area contributed by atoms with Gasteiger partial charge >= 0.3 is 5.97 Å². The summed E-state index contributed by atoms with van der Waals surface area (Å²) in [4.78, 5) is 14.4. The first-order chi connectivity index (χ1) is 9.01. The van der Waals surface area contributed by atoms with Crippen molar-refractivity contribution in [2.75, 3.05) is 24.6 Å². The monoisotopic (exact) mass is 323 g/mol. The van der Waals surface area contributed by atoms with E-state index in [1.54, 1.807) is 0 Å². The lowest BCUT2D eigenvalue weighted by Crippen LogP contribution is -2.13. The molecule has 0 saturated carbocycles. The molecule has 10 heteroatoms. The van der Waals surface area contributed by atoms with Gasteiger partial charge in [-0.05, 0) is 18.2 Å². The van der Waals surface area contributed by atoms with Crippen molar-refractivity contribution in [2.45, 2.75) is 9.79 Å². The maximum Gasteiger partial charge on any atom is 0.332 e. The molecule has 8 nitrogen and oxygen atoms in total. The second-order valence-electron chi connectivity index (χ2n) is 3.99. The van der Waals surface area contributed by atoms with Gasteiger partial charge in [0.1, 0.15) is 0 Å². The van der Waals surface area contributed by atoms with Crippen LogP contribution in [0.2, 0.25) is 0 Å². The molecule has 0 bridgehead atoms. The summed E-state index contributed by atoms with van der Waals surface area (Å²) >= 11 is 0. The zero-order chi connectivity index (χ0) is 15.6. The van der Waals surface area contributed by atoms with Gasteiger partial charge in [0, 0.05) is 12.5 Å². The smallest absolute Gasteiger partial charge is 0.332 e. The quantitative estimate of drug-likeness (QED) is 0.696. The molecule has 0 unspecified atom stereocenters. The van der Waals surface area contributed by atoms with Gasteiger partial charge in [0.25, 0.3) is 0 Å². The summed E-state index contributed by atoms with van der Waals surface area (Å²) in [7, 11) is -7.28. The fourth-order valence-corrected chi connectivity index (χ4v) is 2.87. The third-order valence-corrected chi connectivity index (χ3v) is 4.41. The van der Waals surface area contributed by atoms with Gasteiger partial charge in [-0.2, -0.15) is 0 Å². The minimum absolute atomic E-state index is 0.0406. The van der Waals surface area contributed by atoms with Crippen LogP contribution < -0.4 is 5.48 Å². The lowest BCUT2D eigenvalue weighted by molar-refractivity contribution is -0.141. The Hall–Kier alpha value is -1.65. The van der Waals surface area contributed by atoms with Crippen molar-refractivity contribution in [1.82, 2.24) is 0 Å². The Bertz CT molecular complexity index is 722. The summed E-state index contributed by atoms with van der Waals surface area (Å²) < 4.78 is 46.1. The number of carboxylic acid groups (broad SMARTS) is 1. The zero-order valence-corrected chi connectivity index (χ0v) is 12.3. The SMILES string of the molecule is CS(=O)(=O)c1ccc(NOCC(=O)O)c(S(C)(=O)=O)c1. The van der Waals surface area contributed by atoms with E-state index in [0.29, 0.717) is 0 Å². The van der Waals surface area contributed by atoms with Crippen LogP contribution in [0.25, 0.3) is 0 Å². The number of anilines is 1. The Morgan fingerprint density at radius 2 is 1.80 bits per heavy atom. The van der Waals surface area contributed by atoms with Crippen molar-refractivity contribution < 1.29 is 31.6 Å². The number of rotatable bonds is 6. The van der Waals surface area contributed by atoms with Gasteiger partial charge in [0.2, 0.25) is 0 Å². The van der Waals surface area contributed by atoms with Crippen molar-refractivity contribution >= 4 is 31.3 Å². The van der Waals surface area contributed by atoms with E-state index < -0.39 is 32.3 Å². The molecule has 0 radical (unpaired) electrons. The van der Waals surface area contributed by atoms with Crippen molar-refractivity contribution in [3.05, 3.63) is 18.2 Å². The summed E-state index contributed by atoms with van der Waals surface area (Å²) in [6.07, 6.45) is 1.85. The van der Waals surface area contributed by atoms with E-state index in [-0.39, 0.29) is 15.5 Å². The third-order valence-electron chi connectivity index (χ3n) is 2.16. The van der Waals surface area contributed by atoms with Crippen molar-refractivity contribution in [2.24, 2.45) is 0 Å². The van der Waals surface area contributed by atoms with E-state index in [2.05, 4.69) is 10.3 Å². The molecule has 0 saturated heterocycles. The van der Waals surface area contributed by atoms with E-state index in [1.165, 1.54) is 12.1 Å². The molecule has 1 aromatic rings. The predicted molar refractivity (Wildman–Crippen MR) is 69.9 cm³/mol. The van der Waals surface area contributed by atoms with E-state index in [4.69, 9.17) is 5.11 Å². The van der Waals surface area contributed by atoms with Crippen LogP contribution in [0.5, 0.6) is 0 Å². The average Bonchev–Trinajstić information content (AvgIpc) is 2.25. The first kappa shape index (κ1) is 16.4. The Balaban J connectivity index is 3.22. The molecule has 0 aromatic heterocycles. The molecule has 0 aliphatic carbocycles. The van der Waals surface area contributed by atoms with Crippen LogP contribution >= 0.6 is 0 Å².